The predicted octanol–water partition coefficient (Wildman–Crippen LogP) is 2.81. The Labute approximate surface area is 259 Å². The van der Waals surface area contributed by atoms with Crippen LogP contribution in [0.4, 0.5) is 21.8 Å². The SMILES string of the molecule is COC/C=C/C(=O)N1CCN(c2nc(N3CC(N(C)C)C3)nc3c2CC[C@@H](N2CCCc4ccc(F)cc42)C3)C[C@@H]1CC#N. The fraction of sp³-hybridized carbons (Fsp3) is 0.576. The molecule has 10 nitrogen and oxygen atoms in total. The number of nitriles is 1. The number of rotatable bonds is 8. The van der Waals surface area contributed by atoms with E-state index in [0.717, 1.165) is 74.9 Å². The number of amides is 1. The molecule has 0 saturated carbocycles. The molecule has 6 rings (SSSR count). The van der Waals surface area contributed by atoms with Gasteiger partial charge in [0.15, 0.2) is 0 Å². The van der Waals surface area contributed by atoms with Crippen LogP contribution < -0.4 is 14.7 Å². The van der Waals surface area contributed by atoms with Gasteiger partial charge in [0, 0.05) is 82.2 Å². The molecular weight excluding hydrogens is 559 g/mol. The maximum absolute atomic E-state index is 14.3. The van der Waals surface area contributed by atoms with Crippen molar-refractivity contribution in [2.24, 2.45) is 0 Å². The molecule has 0 unspecified atom stereocenters. The van der Waals surface area contributed by atoms with Crippen molar-refractivity contribution in [2.45, 2.75) is 56.7 Å². The third-order valence-corrected chi connectivity index (χ3v) is 9.65. The standard InChI is InChI=1S/C33H43FN8O2/c1-38(2)27-21-40(22-27)33-36-29-19-25(41-14-4-6-23-8-9-24(34)18-30(23)41)10-11-28(29)32(37-33)39-15-16-42(26(20-39)12-13-35)31(43)7-5-17-44-3/h5,7-9,18,25-27H,4,6,10-12,14-17,19-22H2,1-3H3/b7-5+/t25-,26+/m1/s1. The highest BCUT2D eigenvalue weighted by atomic mass is 19.1. The lowest BCUT2D eigenvalue weighted by atomic mass is 9.88. The number of benzene rings is 1. The first-order valence-electron chi connectivity index (χ1n) is 15.8. The Kier molecular flexibility index (Phi) is 9.01. The van der Waals surface area contributed by atoms with Crippen LogP contribution in [0.1, 0.15) is 36.1 Å². The van der Waals surface area contributed by atoms with E-state index in [2.05, 4.69) is 39.8 Å². The van der Waals surface area contributed by atoms with Crippen LogP contribution in [0.5, 0.6) is 0 Å². The lowest BCUT2D eigenvalue weighted by Gasteiger charge is -2.45. The molecule has 2 aromatic rings. The monoisotopic (exact) mass is 602 g/mol. The Bertz CT molecular complexity index is 1440. The zero-order chi connectivity index (χ0) is 30.8. The Morgan fingerprint density at radius 1 is 1.16 bits per heavy atom. The van der Waals surface area contributed by atoms with Crippen LogP contribution in [-0.2, 0) is 28.8 Å². The second-order valence-corrected chi connectivity index (χ2v) is 12.6. The fourth-order valence-electron chi connectivity index (χ4n) is 7.09. The van der Waals surface area contributed by atoms with Crippen molar-refractivity contribution in [2.75, 3.05) is 81.8 Å². The summed E-state index contributed by atoms with van der Waals surface area (Å²) in [7, 11) is 5.80. The lowest BCUT2D eigenvalue weighted by molar-refractivity contribution is -0.128. The van der Waals surface area contributed by atoms with Gasteiger partial charge in [-0.15, -0.1) is 0 Å². The number of hydrogen-bond donors (Lipinski definition) is 0. The van der Waals surface area contributed by atoms with E-state index in [-0.39, 0.29) is 30.2 Å². The van der Waals surface area contributed by atoms with E-state index in [0.29, 0.717) is 32.3 Å². The zero-order valence-electron chi connectivity index (χ0n) is 26.1. The number of aromatic nitrogens is 2. The molecule has 3 aliphatic heterocycles. The quantitative estimate of drug-likeness (QED) is 0.423. The molecule has 44 heavy (non-hydrogen) atoms. The van der Waals surface area contributed by atoms with E-state index >= 15 is 0 Å². The van der Waals surface area contributed by atoms with Crippen LogP contribution in [0.2, 0.25) is 0 Å². The molecule has 0 N–H and O–H groups in total. The van der Waals surface area contributed by atoms with E-state index in [1.54, 1.807) is 36.3 Å². The van der Waals surface area contributed by atoms with Crippen molar-refractivity contribution in [3.63, 3.8) is 0 Å². The maximum Gasteiger partial charge on any atom is 0.246 e. The molecule has 0 spiro atoms. The van der Waals surface area contributed by atoms with E-state index < -0.39 is 0 Å². The molecule has 1 amide bonds. The number of aryl methyl sites for hydroxylation is 1. The highest BCUT2D eigenvalue weighted by Gasteiger charge is 2.37. The highest BCUT2D eigenvalue weighted by Crippen LogP contribution is 2.37. The molecule has 1 aromatic heterocycles. The smallest absolute Gasteiger partial charge is 0.246 e. The molecule has 2 saturated heterocycles. The molecule has 0 bridgehead atoms. The van der Waals surface area contributed by atoms with Crippen LogP contribution >= 0.6 is 0 Å². The summed E-state index contributed by atoms with van der Waals surface area (Å²) in [6, 6.07) is 7.97. The number of carbonyl (C=O) groups excluding carboxylic acids is 1. The van der Waals surface area contributed by atoms with E-state index in [4.69, 9.17) is 14.7 Å². The summed E-state index contributed by atoms with van der Waals surface area (Å²) in [6.45, 7) is 4.74. The average Bonchev–Trinajstić information content (AvgIpc) is 2.99. The first-order valence-corrected chi connectivity index (χ1v) is 15.8. The number of anilines is 3. The first kappa shape index (κ1) is 30.3. The molecule has 4 aliphatic rings. The molecule has 2 fully saturated rings. The molecule has 11 heteroatoms. The van der Waals surface area contributed by atoms with Gasteiger partial charge in [-0.25, -0.2) is 9.37 Å². The minimum Gasteiger partial charge on any atom is -0.381 e. The number of fused-ring (bicyclic) bond motifs is 2. The predicted molar refractivity (Wildman–Crippen MR) is 169 cm³/mol. The first-order chi connectivity index (χ1) is 21.4. The normalized spacial score (nSPS) is 22.2. The third kappa shape index (κ3) is 6.10. The van der Waals surface area contributed by atoms with Crippen LogP contribution in [0.3, 0.4) is 0 Å². The maximum atomic E-state index is 14.3. The molecular formula is C33H43FN8O2. The van der Waals surface area contributed by atoms with Crippen LogP contribution in [0.25, 0.3) is 0 Å². The molecule has 2 atom stereocenters. The largest absolute Gasteiger partial charge is 0.381 e. The minimum absolute atomic E-state index is 0.0937. The van der Waals surface area contributed by atoms with Crippen molar-refractivity contribution < 1.29 is 13.9 Å². The zero-order valence-corrected chi connectivity index (χ0v) is 26.1. The topological polar surface area (TPSA) is 92.1 Å². The number of likely N-dealkylation sites (N-methyl/N-ethyl adjacent to an activating group) is 1. The minimum atomic E-state index is -0.235. The third-order valence-electron chi connectivity index (χ3n) is 9.65. The number of methoxy groups -OCH3 is 1. The lowest BCUT2D eigenvalue weighted by Crippen LogP contribution is -2.58. The number of piperazine rings is 1. The van der Waals surface area contributed by atoms with Crippen molar-refractivity contribution in [1.29, 1.82) is 5.26 Å². The van der Waals surface area contributed by atoms with E-state index in [1.165, 1.54) is 11.1 Å². The molecule has 1 aromatic carbocycles. The van der Waals surface area contributed by atoms with Crippen LogP contribution in [-0.4, -0.2) is 111 Å². The van der Waals surface area contributed by atoms with E-state index in [1.807, 2.05) is 6.07 Å². The molecule has 234 valence electrons. The second kappa shape index (κ2) is 13.1. The summed E-state index contributed by atoms with van der Waals surface area (Å²) in [4.78, 5) is 34.3. The van der Waals surface area contributed by atoms with E-state index in [9.17, 15) is 14.4 Å². The van der Waals surface area contributed by atoms with Crippen molar-refractivity contribution in [1.82, 2.24) is 19.8 Å². The number of ether oxygens (including phenoxy) is 1. The van der Waals surface area contributed by atoms with Gasteiger partial charge in [0.25, 0.3) is 0 Å². The summed E-state index contributed by atoms with van der Waals surface area (Å²) >= 11 is 0. The van der Waals surface area contributed by atoms with Gasteiger partial charge in [-0.3, -0.25) is 4.79 Å². The van der Waals surface area contributed by atoms with Gasteiger partial charge in [0.2, 0.25) is 11.9 Å². The summed E-state index contributed by atoms with van der Waals surface area (Å²) in [5.41, 5.74) is 4.48. The summed E-state index contributed by atoms with van der Waals surface area (Å²) in [6.07, 6.45) is 8.11. The van der Waals surface area contributed by atoms with Gasteiger partial charge >= 0.3 is 0 Å². The van der Waals surface area contributed by atoms with Gasteiger partial charge in [-0.2, -0.15) is 10.2 Å². The number of halogens is 1. The van der Waals surface area contributed by atoms with Crippen molar-refractivity contribution in [3.8, 4) is 6.07 Å². The number of hydrogen-bond acceptors (Lipinski definition) is 9. The molecule has 0 radical (unpaired) electrons. The summed E-state index contributed by atoms with van der Waals surface area (Å²) < 4.78 is 19.4. The second-order valence-electron chi connectivity index (χ2n) is 12.6. The Morgan fingerprint density at radius 2 is 2.00 bits per heavy atom. The Balaban J connectivity index is 1.29. The molecule has 1 aliphatic carbocycles. The fourth-order valence-corrected chi connectivity index (χ4v) is 7.09. The highest BCUT2D eigenvalue weighted by molar-refractivity contribution is 5.88. The van der Waals surface area contributed by atoms with Gasteiger partial charge in [-0.1, -0.05) is 12.1 Å². The van der Waals surface area contributed by atoms with Gasteiger partial charge < -0.3 is 29.2 Å². The Hall–Kier alpha value is -3.75. The van der Waals surface area contributed by atoms with Crippen molar-refractivity contribution in [3.05, 3.63) is 53.0 Å². The van der Waals surface area contributed by atoms with Crippen molar-refractivity contribution >= 4 is 23.4 Å². The van der Waals surface area contributed by atoms with Gasteiger partial charge in [0.1, 0.15) is 11.6 Å². The molecule has 4 heterocycles. The summed E-state index contributed by atoms with van der Waals surface area (Å²) in [5.74, 6) is 1.40. The number of carbonyl (C=O) groups is 1. The average molecular weight is 603 g/mol. The number of nitrogens with zero attached hydrogens (tertiary/aromatic N) is 8. The van der Waals surface area contributed by atoms with Gasteiger partial charge in [0.05, 0.1) is 30.8 Å². The van der Waals surface area contributed by atoms with Crippen LogP contribution in [0, 0.1) is 17.1 Å². The van der Waals surface area contributed by atoms with Crippen LogP contribution in [0.15, 0.2) is 30.4 Å². The summed E-state index contributed by atoms with van der Waals surface area (Å²) in [5, 5.41) is 9.64. The van der Waals surface area contributed by atoms with Gasteiger partial charge in [-0.05, 0) is 57.5 Å². The Morgan fingerprint density at radius 3 is 2.77 bits per heavy atom.